The molecule has 2 heterocycles. The Labute approximate surface area is 161 Å². The molecule has 28 heavy (non-hydrogen) atoms. The Balaban J connectivity index is 1.49. The number of para-hydroxylation sites is 1. The van der Waals surface area contributed by atoms with E-state index in [0.29, 0.717) is 23.0 Å². The zero-order valence-electron chi connectivity index (χ0n) is 15.1. The average molecular weight is 382 g/mol. The Morgan fingerprint density at radius 2 is 1.57 bits per heavy atom. The van der Waals surface area contributed by atoms with Gasteiger partial charge in [0.05, 0.1) is 0 Å². The fraction of sp³-hybridized carbons (Fsp3) is 0.200. The SMILES string of the molecule is Nc1c(Nc2ccc(F)c(F)c2)ncnc1N1CCN(c2ccccc2)CC1. The number of nitrogen functional groups attached to an aromatic ring is 1. The molecule has 8 heteroatoms. The summed E-state index contributed by atoms with van der Waals surface area (Å²) >= 11 is 0. The topological polar surface area (TPSA) is 70.3 Å². The Hall–Kier alpha value is -3.42. The molecule has 1 aliphatic heterocycles. The predicted octanol–water partition coefficient (Wildman–Crippen LogP) is 3.41. The van der Waals surface area contributed by atoms with Crippen LogP contribution in [0.4, 0.5) is 37.5 Å². The lowest BCUT2D eigenvalue weighted by Crippen LogP contribution is -2.47. The molecule has 0 atom stereocenters. The van der Waals surface area contributed by atoms with E-state index < -0.39 is 11.6 Å². The van der Waals surface area contributed by atoms with Gasteiger partial charge in [-0.25, -0.2) is 18.7 Å². The quantitative estimate of drug-likeness (QED) is 0.721. The molecule has 3 N–H and O–H groups in total. The number of nitrogens with one attached hydrogen (secondary N) is 1. The molecule has 0 amide bonds. The summed E-state index contributed by atoms with van der Waals surface area (Å²) in [5.74, 6) is -0.845. The molecule has 0 bridgehead atoms. The molecule has 3 aromatic rings. The van der Waals surface area contributed by atoms with Crippen molar-refractivity contribution in [2.45, 2.75) is 0 Å². The Kier molecular flexibility index (Phi) is 4.92. The second-order valence-electron chi connectivity index (χ2n) is 6.52. The summed E-state index contributed by atoms with van der Waals surface area (Å²) in [6.07, 6.45) is 1.41. The third-order valence-electron chi connectivity index (χ3n) is 4.75. The van der Waals surface area contributed by atoms with Gasteiger partial charge in [-0.05, 0) is 24.3 Å². The van der Waals surface area contributed by atoms with Crippen LogP contribution in [0.5, 0.6) is 0 Å². The number of aromatic nitrogens is 2. The van der Waals surface area contributed by atoms with Crippen molar-refractivity contribution in [1.82, 2.24) is 9.97 Å². The summed E-state index contributed by atoms with van der Waals surface area (Å²) < 4.78 is 26.6. The highest BCUT2D eigenvalue weighted by atomic mass is 19.2. The Morgan fingerprint density at radius 1 is 0.857 bits per heavy atom. The second kappa shape index (κ2) is 7.67. The van der Waals surface area contributed by atoms with Crippen LogP contribution in [0.25, 0.3) is 0 Å². The van der Waals surface area contributed by atoms with Crippen LogP contribution < -0.4 is 20.9 Å². The van der Waals surface area contributed by atoms with E-state index in [1.807, 2.05) is 18.2 Å². The fourth-order valence-electron chi connectivity index (χ4n) is 3.26. The lowest BCUT2D eigenvalue weighted by molar-refractivity contribution is 0.509. The zero-order valence-corrected chi connectivity index (χ0v) is 15.1. The summed E-state index contributed by atoms with van der Waals surface area (Å²) in [7, 11) is 0. The van der Waals surface area contributed by atoms with Crippen LogP contribution in [0.3, 0.4) is 0 Å². The molecule has 2 aromatic carbocycles. The Morgan fingerprint density at radius 3 is 2.29 bits per heavy atom. The highest BCUT2D eigenvalue weighted by Crippen LogP contribution is 2.30. The van der Waals surface area contributed by atoms with Crippen LogP contribution in [-0.4, -0.2) is 36.1 Å². The summed E-state index contributed by atoms with van der Waals surface area (Å²) in [6.45, 7) is 3.22. The average Bonchev–Trinajstić information content (AvgIpc) is 2.73. The summed E-state index contributed by atoms with van der Waals surface area (Å²) in [4.78, 5) is 12.9. The molecule has 1 aromatic heterocycles. The second-order valence-corrected chi connectivity index (χ2v) is 6.52. The van der Waals surface area contributed by atoms with Crippen molar-refractivity contribution in [1.29, 1.82) is 0 Å². The molecule has 0 saturated carbocycles. The van der Waals surface area contributed by atoms with Gasteiger partial charge in [0.25, 0.3) is 0 Å². The minimum atomic E-state index is -0.935. The molecule has 0 spiro atoms. The normalized spacial score (nSPS) is 14.2. The van der Waals surface area contributed by atoms with E-state index in [1.165, 1.54) is 18.1 Å². The Bertz CT molecular complexity index is 958. The molecular weight excluding hydrogens is 362 g/mol. The lowest BCUT2D eigenvalue weighted by atomic mass is 10.2. The van der Waals surface area contributed by atoms with Crippen molar-refractivity contribution in [3.63, 3.8) is 0 Å². The standard InChI is InChI=1S/C20H20F2N6/c21-16-7-6-14(12-17(16)22)26-19-18(23)20(25-13-24-19)28-10-8-27(9-11-28)15-4-2-1-3-5-15/h1-7,12-13H,8-11,23H2,(H,24,25,26). The molecule has 0 aliphatic carbocycles. The van der Waals surface area contributed by atoms with Crippen molar-refractivity contribution >= 4 is 28.7 Å². The molecule has 1 saturated heterocycles. The van der Waals surface area contributed by atoms with Crippen LogP contribution >= 0.6 is 0 Å². The van der Waals surface area contributed by atoms with E-state index in [-0.39, 0.29) is 0 Å². The molecule has 4 rings (SSSR count). The van der Waals surface area contributed by atoms with Gasteiger partial charge in [0.1, 0.15) is 12.0 Å². The number of halogens is 2. The van der Waals surface area contributed by atoms with Crippen molar-refractivity contribution in [3.05, 3.63) is 66.5 Å². The number of hydrogen-bond donors (Lipinski definition) is 2. The number of rotatable bonds is 4. The maximum absolute atomic E-state index is 13.4. The number of anilines is 5. The van der Waals surface area contributed by atoms with Crippen molar-refractivity contribution in [3.8, 4) is 0 Å². The maximum atomic E-state index is 13.4. The predicted molar refractivity (Wildman–Crippen MR) is 107 cm³/mol. The first-order valence-corrected chi connectivity index (χ1v) is 8.99. The van der Waals surface area contributed by atoms with Gasteiger partial charge in [-0.1, -0.05) is 18.2 Å². The zero-order chi connectivity index (χ0) is 19.5. The smallest absolute Gasteiger partial charge is 0.160 e. The van der Waals surface area contributed by atoms with Gasteiger partial charge in [0.2, 0.25) is 0 Å². The largest absolute Gasteiger partial charge is 0.393 e. The highest BCUT2D eigenvalue weighted by molar-refractivity contribution is 5.78. The minimum absolute atomic E-state index is 0.362. The monoisotopic (exact) mass is 382 g/mol. The number of benzene rings is 2. The van der Waals surface area contributed by atoms with Crippen LogP contribution in [-0.2, 0) is 0 Å². The third-order valence-corrected chi connectivity index (χ3v) is 4.75. The van der Waals surface area contributed by atoms with E-state index >= 15 is 0 Å². The molecule has 6 nitrogen and oxygen atoms in total. The molecular formula is C20H20F2N6. The van der Waals surface area contributed by atoms with Crippen LogP contribution in [0, 0.1) is 11.6 Å². The highest BCUT2D eigenvalue weighted by Gasteiger charge is 2.21. The van der Waals surface area contributed by atoms with Gasteiger partial charge in [0, 0.05) is 43.6 Å². The number of nitrogens with two attached hydrogens (primary N) is 1. The van der Waals surface area contributed by atoms with Crippen molar-refractivity contribution < 1.29 is 8.78 Å². The van der Waals surface area contributed by atoms with Gasteiger partial charge >= 0.3 is 0 Å². The van der Waals surface area contributed by atoms with E-state index in [1.54, 1.807) is 0 Å². The number of nitrogens with zero attached hydrogens (tertiary/aromatic N) is 4. The maximum Gasteiger partial charge on any atom is 0.160 e. The summed E-state index contributed by atoms with van der Waals surface area (Å²) in [6, 6.07) is 13.8. The van der Waals surface area contributed by atoms with E-state index in [9.17, 15) is 8.78 Å². The molecule has 144 valence electrons. The van der Waals surface area contributed by atoms with Crippen LogP contribution in [0.15, 0.2) is 54.9 Å². The van der Waals surface area contributed by atoms with E-state index in [0.717, 1.165) is 38.3 Å². The van der Waals surface area contributed by atoms with Gasteiger partial charge in [-0.3, -0.25) is 0 Å². The first-order chi connectivity index (χ1) is 13.6. The van der Waals surface area contributed by atoms with Crippen molar-refractivity contribution in [2.24, 2.45) is 0 Å². The fourth-order valence-corrected chi connectivity index (χ4v) is 3.26. The first-order valence-electron chi connectivity index (χ1n) is 8.99. The molecule has 0 unspecified atom stereocenters. The molecule has 0 radical (unpaired) electrons. The van der Waals surface area contributed by atoms with Gasteiger partial charge in [0.15, 0.2) is 23.3 Å². The molecule has 1 fully saturated rings. The van der Waals surface area contributed by atoms with Crippen LogP contribution in [0.1, 0.15) is 0 Å². The van der Waals surface area contributed by atoms with Crippen molar-refractivity contribution in [2.75, 3.05) is 47.0 Å². The van der Waals surface area contributed by atoms with Gasteiger partial charge in [-0.2, -0.15) is 0 Å². The summed E-state index contributed by atoms with van der Waals surface area (Å²) in [5, 5.41) is 2.93. The number of piperazine rings is 1. The van der Waals surface area contributed by atoms with Gasteiger partial charge in [-0.15, -0.1) is 0 Å². The lowest BCUT2D eigenvalue weighted by Gasteiger charge is -2.37. The van der Waals surface area contributed by atoms with E-state index in [4.69, 9.17) is 5.73 Å². The number of hydrogen-bond acceptors (Lipinski definition) is 6. The summed E-state index contributed by atoms with van der Waals surface area (Å²) in [5.41, 5.74) is 8.20. The first kappa shape index (κ1) is 18.0. The minimum Gasteiger partial charge on any atom is -0.393 e. The van der Waals surface area contributed by atoms with Gasteiger partial charge < -0.3 is 20.9 Å². The third kappa shape index (κ3) is 3.66. The van der Waals surface area contributed by atoms with E-state index in [2.05, 4.69) is 37.2 Å². The van der Waals surface area contributed by atoms with Crippen LogP contribution in [0.2, 0.25) is 0 Å². The molecule has 1 aliphatic rings.